The Labute approximate surface area is 118 Å². The molecule has 0 spiro atoms. The van der Waals surface area contributed by atoms with Crippen molar-refractivity contribution in [1.82, 2.24) is 0 Å². The molecule has 19 heavy (non-hydrogen) atoms. The summed E-state index contributed by atoms with van der Waals surface area (Å²) >= 11 is 0. The van der Waals surface area contributed by atoms with Gasteiger partial charge in [0.25, 0.3) is 0 Å². The van der Waals surface area contributed by atoms with Gasteiger partial charge in [0, 0.05) is 0 Å². The van der Waals surface area contributed by atoms with E-state index >= 15 is 0 Å². The Bertz CT molecular complexity index is 743. The molecule has 0 aliphatic heterocycles. The monoisotopic (exact) mass is 247 g/mol. The standard InChI is InChI=1S/C19H16/c1-15-12-18(16-8-4-2-5-9-16)14-19(13-15)17-10-6-3-7-11-17/h2-14H,1H3/i12D,13D,14D. The molecule has 3 rings (SSSR count). The number of hydrogen-bond acceptors (Lipinski definition) is 0. The number of hydrogen-bond donors (Lipinski definition) is 0. The molecule has 0 heterocycles. The van der Waals surface area contributed by atoms with E-state index in [2.05, 4.69) is 0 Å². The van der Waals surface area contributed by atoms with Gasteiger partial charge in [-0.2, -0.15) is 0 Å². The van der Waals surface area contributed by atoms with Gasteiger partial charge in [0.1, 0.15) is 0 Å². The van der Waals surface area contributed by atoms with E-state index in [-0.39, 0.29) is 18.1 Å². The van der Waals surface area contributed by atoms with Crippen LogP contribution in [0, 0.1) is 6.92 Å². The molecule has 0 nitrogen and oxygen atoms in total. The largest absolute Gasteiger partial charge is 0.0636 e. The normalized spacial score (nSPS) is 12.6. The van der Waals surface area contributed by atoms with Gasteiger partial charge in [0.15, 0.2) is 0 Å². The molecule has 0 saturated heterocycles. The van der Waals surface area contributed by atoms with Gasteiger partial charge in [-0.1, -0.05) is 72.7 Å². The van der Waals surface area contributed by atoms with Gasteiger partial charge in [0.05, 0.1) is 4.11 Å². The third-order valence-electron chi connectivity index (χ3n) is 3.00. The van der Waals surface area contributed by atoms with Crippen LogP contribution in [0.15, 0.2) is 78.8 Å². The topological polar surface area (TPSA) is 0 Å². The minimum Gasteiger partial charge on any atom is -0.0622 e. The summed E-state index contributed by atoms with van der Waals surface area (Å²) < 4.78 is 25.2. The van der Waals surface area contributed by atoms with Crippen molar-refractivity contribution < 1.29 is 4.11 Å². The quantitative estimate of drug-likeness (QED) is 0.574. The van der Waals surface area contributed by atoms with Crippen molar-refractivity contribution >= 4 is 0 Å². The summed E-state index contributed by atoms with van der Waals surface area (Å²) in [6.07, 6.45) is 0. The number of rotatable bonds is 2. The van der Waals surface area contributed by atoms with Gasteiger partial charge in [-0.25, -0.2) is 0 Å². The van der Waals surface area contributed by atoms with Gasteiger partial charge in [-0.3, -0.25) is 0 Å². The zero-order chi connectivity index (χ0) is 15.7. The lowest BCUT2D eigenvalue weighted by molar-refractivity contribution is 1.46. The highest BCUT2D eigenvalue weighted by Gasteiger charge is 2.02. The molecule has 0 radical (unpaired) electrons. The molecule has 0 aliphatic carbocycles. The Hall–Kier alpha value is -2.34. The van der Waals surface area contributed by atoms with Gasteiger partial charge >= 0.3 is 0 Å². The van der Waals surface area contributed by atoms with Crippen molar-refractivity contribution in [2.24, 2.45) is 0 Å². The Kier molecular flexibility index (Phi) is 2.34. The Balaban J connectivity index is 2.36. The predicted octanol–water partition coefficient (Wildman–Crippen LogP) is 5.33. The van der Waals surface area contributed by atoms with Crippen LogP contribution in [0.4, 0.5) is 0 Å². The van der Waals surface area contributed by atoms with E-state index in [0.717, 1.165) is 11.1 Å². The van der Waals surface area contributed by atoms with E-state index < -0.39 is 0 Å². The summed E-state index contributed by atoms with van der Waals surface area (Å²) in [6, 6.07) is 19.8. The zero-order valence-corrected chi connectivity index (χ0v) is 10.8. The highest BCUT2D eigenvalue weighted by atomic mass is 14.1. The number of benzene rings is 3. The van der Waals surface area contributed by atoms with Crippen molar-refractivity contribution in [1.29, 1.82) is 0 Å². The summed E-state index contributed by atoms with van der Waals surface area (Å²) in [6.45, 7) is 1.78. The molecule has 0 unspecified atom stereocenters. The van der Waals surface area contributed by atoms with Crippen molar-refractivity contribution in [3.05, 3.63) is 84.4 Å². The third-order valence-corrected chi connectivity index (χ3v) is 3.00. The highest BCUT2D eigenvalue weighted by Crippen LogP contribution is 2.27. The first-order valence-electron chi connectivity index (χ1n) is 7.82. The van der Waals surface area contributed by atoms with Crippen LogP contribution in [-0.4, -0.2) is 0 Å². The van der Waals surface area contributed by atoms with Crippen molar-refractivity contribution in [3.63, 3.8) is 0 Å². The fourth-order valence-electron chi connectivity index (χ4n) is 2.09. The molecule has 0 heteroatoms. The van der Waals surface area contributed by atoms with E-state index in [9.17, 15) is 0 Å². The minimum absolute atomic E-state index is 0.248. The molecular weight excluding hydrogens is 228 g/mol. The fraction of sp³-hybridized carbons (Fsp3) is 0.0526. The summed E-state index contributed by atoms with van der Waals surface area (Å²) in [5.41, 5.74) is 3.48. The first kappa shape index (κ1) is 8.71. The zero-order valence-electron chi connectivity index (χ0n) is 13.8. The van der Waals surface area contributed by atoms with Crippen LogP contribution in [0.2, 0.25) is 0 Å². The first-order chi connectivity index (χ1) is 10.6. The molecule has 0 saturated carbocycles. The van der Waals surface area contributed by atoms with Crippen LogP contribution >= 0.6 is 0 Å². The Morgan fingerprint density at radius 2 is 1.00 bits per heavy atom. The van der Waals surface area contributed by atoms with E-state index in [1.54, 1.807) is 6.92 Å². The van der Waals surface area contributed by atoms with Crippen LogP contribution in [0.3, 0.4) is 0 Å². The van der Waals surface area contributed by atoms with Crippen molar-refractivity contribution in [3.8, 4) is 22.3 Å². The van der Waals surface area contributed by atoms with Crippen LogP contribution < -0.4 is 0 Å². The first-order valence-corrected chi connectivity index (χ1v) is 6.32. The second kappa shape index (κ2) is 5.11. The SMILES string of the molecule is [2H]c1c(C)c([2H])c(-c2ccccc2)c([2H])c1-c1ccccc1. The maximum absolute atomic E-state index is 8.56. The van der Waals surface area contributed by atoms with E-state index in [4.69, 9.17) is 4.11 Å². The molecule has 3 aromatic rings. The van der Waals surface area contributed by atoms with Gasteiger partial charge < -0.3 is 0 Å². The predicted molar refractivity (Wildman–Crippen MR) is 82.1 cm³/mol. The maximum Gasteiger partial charge on any atom is 0.0636 e. The molecule has 0 N–H and O–H groups in total. The average Bonchev–Trinajstić information content (AvgIpc) is 2.55. The molecule has 0 aromatic heterocycles. The van der Waals surface area contributed by atoms with E-state index in [1.165, 1.54) is 0 Å². The molecule has 0 atom stereocenters. The molecular formula is C19H16. The smallest absolute Gasteiger partial charge is 0.0622 e. The van der Waals surface area contributed by atoms with E-state index in [1.807, 2.05) is 60.7 Å². The second-order valence-corrected chi connectivity index (χ2v) is 4.48. The van der Waals surface area contributed by atoms with Crippen molar-refractivity contribution in [2.45, 2.75) is 6.92 Å². The minimum atomic E-state index is 0.248. The molecule has 0 fully saturated rings. The molecule has 92 valence electrons. The van der Waals surface area contributed by atoms with Gasteiger partial charge in [0.2, 0.25) is 0 Å². The lowest BCUT2D eigenvalue weighted by Gasteiger charge is -2.08. The Morgan fingerprint density at radius 1 is 0.579 bits per heavy atom. The molecule has 0 amide bonds. The van der Waals surface area contributed by atoms with Crippen LogP contribution in [0.25, 0.3) is 22.3 Å². The summed E-state index contributed by atoms with van der Waals surface area (Å²) in [5, 5.41) is 0. The fourth-order valence-corrected chi connectivity index (χ4v) is 2.09. The Morgan fingerprint density at radius 3 is 1.42 bits per heavy atom. The average molecular weight is 247 g/mol. The van der Waals surface area contributed by atoms with E-state index in [0.29, 0.717) is 16.7 Å². The van der Waals surface area contributed by atoms with Gasteiger partial charge in [-0.15, -0.1) is 0 Å². The summed E-state index contributed by atoms with van der Waals surface area (Å²) in [5.74, 6) is 0. The second-order valence-electron chi connectivity index (χ2n) is 4.48. The van der Waals surface area contributed by atoms with Gasteiger partial charge in [-0.05, 0) is 40.8 Å². The highest BCUT2D eigenvalue weighted by molar-refractivity contribution is 5.74. The maximum atomic E-state index is 8.56. The van der Waals surface area contributed by atoms with Crippen LogP contribution in [0.1, 0.15) is 9.68 Å². The molecule has 0 aliphatic rings. The summed E-state index contributed by atoms with van der Waals surface area (Å²) in [4.78, 5) is 0. The lowest BCUT2D eigenvalue weighted by Crippen LogP contribution is -1.84. The molecule has 0 bridgehead atoms. The lowest BCUT2D eigenvalue weighted by atomic mass is 9.97. The molecule has 3 aromatic carbocycles. The summed E-state index contributed by atoms with van der Waals surface area (Å²) in [7, 11) is 0. The van der Waals surface area contributed by atoms with Crippen LogP contribution in [0.5, 0.6) is 0 Å². The van der Waals surface area contributed by atoms with Crippen LogP contribution in [-0.2, 0) is 0 Å². The third kappa shape index (κ3) is 2.58. The van der Waals surface area contributed by atoms with Crippen molar-refractivity contribution in [2.75, 3.05) is 0 Å².